The van der Waals surface area contributed by atoms with Crippen molar-refractivity contribution in [3.63, 3.8) is 0 Å². The van der Waals surface area contributed by atoms with Gasteiger partial charge in [0.2, 0.25) is 11.9 Å². The van der Waals surface area contributed by atoms with Crippen LogP contribution in [0, 0.1) is 0 Å². The number of nitrogens with zero attached hydrogens (tertiary/aromatic N) is 12. The molecule has 3 aromatic rings. The molecule has 0 aliphatic heterocycles. The van der Waals surface area contributed by atoms with Gasteiger partial charge in [0.25, 0.3) is 11.9 Å². The molecule has 0 amide bonds. The van der Waals surface area contributed by atoms with E-state index in [9.17, 15) is 0 Å². The lowest BCUT2D eigenvalue weighted by molar-refractivity contribution is 0.659. The van der Waals surface area contributed by atoms with Crippen molar-refractivity contribution < 1.29 is 0 Å². The van der Waals surface area contributed by atoms with Crippen LogP contribution in [0.25, 0.3) is 11.9 Å². The van der Waals surface area contributed by atoms with Crippen molar-refractivity contribution in [2.45, 2.75) is 0 Å². The molecule has 0 bridgehead atoms. The zero-order valence-corrected chi connectivity index (χ0v) is 8.52. The Morgan fingerprint density at radius 1 is 0.611 bits per heavy atom. The number of nitrogens with two attached hydrogens (primary N) is 2. The topological polar surface area (TPSA) is 191 Å². The highest BCUT2D eigenvalue weighted by Gasteiger charge is 2.12. The summed E-state index contributed by atoms with van der Waals surface area (Å²) in [6.45, 7) is 0. The lowest BCUT2D eigenvalue weighted by Gasteiger charge is -1.99. The van der Waals surface area contributed by atoms with Crippen LogP contribution in [0.5, 0.6) is 0 Å². The van der Waals surface area contributed by atoms with Gasteiger partial charge in [-0.05, 0) is 20.9 Å². The highest BCUT2D eigenvalue weighted by atomic mass is 15.6. The summed E-state index contributed by atoms with van der Waals surface area (Å²) in [5.74, 6) is 0.0300. The maximum atomic E-state index is 5.46. The van der Waals surface area contributed by atoms with Crippen molar-refractivity contribution in [3.8, 4) is 11.9 Å². The summed E-state index contributed by atoms with van der Waals surface area (Å²) < 4.78 is 2.12. The molecule has 0 atom stereocenters. The Balaban J connectivity index is 2.00. The third-order valence-electron chi connectivity index (χ3n) is 1.82. The second-order valence-corrected chi connectivity index (χ2v) is 2.90. The SMILES string of the molecule is Nc1nnnn1-c1nnc(-n2nnnc2N)nn1. The number of tetrazole rings is 2. The van der Waals surface area contributed by atoms with Crippen molar-refractivity contribution in [1.82, 2.24) is 60.8 Å². The number of nitrogen functional groups attached to an aromatic ring is 2. The number of rotatable bonds is 2. The van der Waals surface area contributed by atoms with Crippen molar-refractivity contribution in [3.05, 3.63) is 0 Å². The Morgan fingerprint density at radius 3 is 1.28 bits per heavy atom. The van der Waals surface area contributed by atoms with Crippen LogP contribution >= 0.6 is 0 Å². The second-order valence-electron chi connectivity index (χ2n) is 2.90. The molecule has 0 saturated carbocycles. The molecular formula is C4H4N14. The van der Waals surface area contributed by atoms with E-state index in [2.05, 4.69) is 51.4 Å². The summed E-state index contributed by atoms with van der Waals surface area (Å²) in [6, 6.07) is 0. The van der Waals surface area contributed by atoms with Crippen LogP contribution < -0.4 is 11.5 Å². The summed E-state index contributed by atoms with van der Waals surface area (Å²) >= 11 is 0. The van der Waals surface area contributed by atoms with Gasteiger partial charge in [-0.25, -0.2) is 0 Å². The Bertz CT molecular complexity index is 602. The Morgan fingerprint density at radius 2 is 1.00 bits per heavy atom. The quantitative estimate of drug-likeness (QED) is 0.453. The highest BCUT2D eigenvalue weighted by Crippen LogP contribution is 2.02. The zero-order valence-electron chi connectivity index (χ0n) is 8.52. The summed E-state index contributed by atoms with van der Waals surface area (Å²) in [5.41, 5.74) is 10.9. The molecule has 0 radical (unpaired) electrons. The second kappa shape index (κ2) is 3.61. The molecule has 0 unspecified atom stereocenters. The van der Waals surface area contributed by atoms with E-state index in [1.165, 1.54) is 0 Å². The van der Waals surface area contributed by atoms with Gasteiger partial charge < -0.3 is 11.5 Å². The summed E-state index contributed by atoms with van der Waals surface area (Å²) in [5, 5.41) is 35.6. The van der Waals surface area contributed by atoms with Crippen molar-refractivity contribution >= 4 is 11.9 Å². The van der Waals surface area contributed by atoms with Crippen LogP contribution in [0.2, 0.25) is 0 Å². The average molecular weight is 248 g/mol. The maximum Gasteiger partial charge on any atom is 0.293 e. The van der Waals surface area contributed by atoms with Crippen LogP contribution in [0.15, 0.2) is 0 Å². The van der Waals surface area contributed by atoms with Crippen LogP contribution in [0.3, 0.4) is 0 Å². The minimum atomic E-state index is 0.00731. The predicted octanol–water partition coefficient (Wildman–Crippen LogP) is -3.62. The van der Waals surface area contributed by atoms with Gasteiger partial charge in [0.05, 0.1) is 0 Å². The van der Waals surface area contributed by atoms with Gasteiger partial charge in [-0.1, -0.05) is 10.2 Å². The van der Waals surface area contributed by atoms with Crippen LogP contribution in [-0.2, 0) is 0 Å². The molecule has 0 aliphatic rings. The monoisotopic (exact) mass is 248 g/mol. The Hall–Kier alpha value is -3.32. The lowest BCUT2D eigenvalue weighted by Crippen LogP contribution is -2.14. The van der Waals surface area contributed by atoms with Gasteiger partial charge in [0, 0.05) is 0 Å². The standard InChI is InChI=1S/C4H4N14/c5-1-7-13-15-17(1)3-9-11-4(12-10-3)18-2(6)8-14-16-18/h(H2,5,7,15)(H2,6,8,16). The number of anilines is 2. The zero-order chi connectivity index (χ0) is 12.5. The molecule has 18 heavy (non-hydrogen) atoms. The van der Waals surface area contributed by atoms with Crippen molar-refractivity contribution in [2.24, 2.45) is 0 Å². The number of hydrogen-bond donors (Lipinski definition) is 2. The fourth-order valence-electron chi connectivity index (χ4n) is 1.06. The lowest BCUT2D eigenvalue weighted by atomic mass is 10.9. The number of hydrogen-bond acceptors (Lipinski definition) is 12. The molecule has 4 N–H and O–H groups in total. The number of aromatic nitrogens is 12. The molecule has 0 fully saturated rings. The van der Waals surface area contributed by atoms with E-state index in [0.717, 1.165) is 9.36 Å². The van der Waals surface area contributed by atoms with Gasteiger partial charge in [-0.3, -0.25) is 0 Å². The van der Waals surface area contributed by atoms with Crippen molar-refractivity contribution in [1.29, 1.82) is 0 Å². The summed E-state index contributed by atoms with van der Waals surface area (Å²) in [7, 11) is 0. The molecular weight excluding hydrogens is 244 g/mol. The molecule has 0 aliphatic carbocycles. The van der Waals surface area contributed by atoms with E-state index >= 15 is 0 Å². The smallest absolute Gasteiger partial charge is 0.293 e. The fourth-order valence-corrected chi connectivity index (χ4v) is 1.06. The van der Waals surface area contributed by atoms with E-state index in [-0.39, 0.29) is 23.8 Å². The highest BCUT2D eigenvalue weighted by molar-refractivity contribution is 5.24. The first-order valence-electron chi connectivity index (χ1n) is 4.41. The van der Waals surface area contributed by atoms with Crippen LogP contribution in [-0.4, -0.2) is 60.8 Å². The molecule has 0 spiro atoms. The molecule has 90 valence electrons. The van der Waals surface area contributed by atoms with Crippen LogP contribution in [0.4, 0.5) is 11.9 Å². The van der Waals surface area contributed by atoms with Gasteiger partial charge in [0.15, 0.2) is 0 Å². The Kier molecular flexibility index (Phi) is 1.98. The molecule has 0 aromatic carbocycles. The largest absolute Gasteiger partial charge is 0.366 e. The fraction of sp³-hybridized carbons (Fsp3) is 0. The first-order valence-corrected chi connectivity index (χ1v) is 4.41. The van der Waals surface area contributed by atoms with Crippen molar-refractivity contribution in [2.75, 3.05) is 11.5 Å². The molecule has 3 aromatic heterocycles. The van der Waals surface area contributed by atoms with Gasteiger partial charge in [0.1, 0.15) is 0 Å². The van der Waals surface area contributed by atoms with E-state index in [1.807, 2.05) is 0 Å². The summed E-state index contributed by atoms with van der Waals surface area (Å²) in [6.07, 6.45) is 0. The van der Waals surface area contributed by atoms with Gasteiger partial charge in [-0.2, -0.15) is 0 Å². The normalized spacial score (nSPS) is 10.7. The minimum Gasteiger partial charge on any atom is -0.366 e. The van der Waals surface area contributed by atoms with E-state index in [4.69, 9.17) is 11.5 Å². The predicted molar refractivity (Wildman–Crippen MR) is 51.9 cm³/mol. The first-order chi connectivity index (χ1) is 8.75. The maximum absolute atomic E-state index is 5.46. The molecule has 0 saturated heterocycles. The Labute approximate surface area is 97.0 Å². The van der Waals surface area contributed by atoms with Crippen LogP contribution in [0.1, 0.15) is 0 Å². The third kappa shape index (κ3) is 1.44. The molecule has 3 heterocycles. The third-order valence-corrected chi connectivity index (χ3v) is 1.82. The molecule has 14 heteroatoms. The van der Waals surface area contributed by atoms with E-state index in [0.29, 0.717) is 0 Å². The average Bonchev–Trinajstić information content (AvgIpc) is 2.98. The summed E-state index contributed by atoms with van der Waals surface area (Å²) in [4.78, 5) is 0. The van der Waals surface area contributed by atoms with Gasteiger partial charge in [-0.15, -0.1) is 29.8 Å². The van der Waals surface area contributed by atoms with E-state index < -0.39 is 0 Å². The minimum absolute atomic E-state index is 0.00731. The molecule has 3 rings (SSSR count). The molecule has 14 nitrogen and oxygen atoms in total. The van der Waals surface area contributed by atoms with Gasteiger partial charge >= 0.3 is 0 Å². The van der Waals surface area contributed by atoms with E-state index in [1.54, 1.807) is 0 Å². The first kappa shape index (κ1) is 9.87.